The van der Waals surface area contributed by atoms with Crippen molar-refractivity contribution in [1.82, 2.24) is 14.8 Å². The van der Waals surface area contributed by atoms with Gasteiger partial charge in [0.05, 0.1) is 11.0 Å². The molecule has 3 N–H and O–H groups in total. The summed E-state index contributed by atoms with van der Waals surface area (Å²) in [5.74, 6) is 0.424. The molecule has 70 valence electrons. The average molecular weight is 198 g/mol. The Bertz CT molecular complexity index is 378. The molecule has 1 aromatic rings. The summed E-state index contributed by atoms with van der Waals surface area (Å²) in [6.45, 7) is 0. The van der Waals surface area contributed by atoms with Crippen molar-refractivity contribution < 1.29 is 0 Å². The number of hydrogen-bond acceptors (Lipinski definition) is 3. The second-order valence-electron chi connectivity index (χ2n) is 3.25. The van der Waals surface area contributed by atoms with Crippen molar-refractivity contribution in [2.45, 2.75) is 18.9 Å². The Morgan fingerprint density at radius 1 is 1.85 bits per heavy atom. The molecule has 1 aromatic heterocycles. The molecular weight excluding hydrogens is 188 g/mol. The molecule has 6 heteroatoms. The van der Waals surface area contributed by atoms with Gasteiger partial charge in [0.1, 0.15) is 6.33 Å². The van der Waals surface area contributed by atoms with Crippen molar-refractivity contribution in [3.8, 4) is 0 Å². The highest BCUT2D eigenvalue weighted by Gasteiger charge is 2.35. The fourth-order valence-corrected chi connectivity index (χ4v) is 1.77. The molecule has 5 nitrogen and oxygen atoms in total. The number of nitrogens with two attached hydrogens (primary N) is 1. The van der Waals surface area contributed by atoms with Gasteiger partial charge >= 0.3 is 5.69 Å². The number of nitrogens with zero attached hydrogens (tertiary/aromatic N) is 2. The van der Waals surface area contributed by atoms with Crippen molar-refractivity contribution in [1.29, 1.82) is 0 Å². The van der Waals surface area contributed by atoms with Gasteiger partial charge in [-0.05, 0) is 18.8 Å². The molecule has 13 heavy (non-hydrogen) atoms. The fourth-order valence-electron chi connectivity index (χ4n) is 1.46. The van der Waals surface area contributed by atoms with Gasteiger partial charge in [-0.3, -0.25) is 4.57 Å². The van der Waals surface area contributed by atoms with Crippen LogP contribution in [0.5, 0.6) is 0 Å². The van der Waals surface area contributed by atoms with E-state index in [1.54, 1.807) is 0 Å². The van der Waals surface area contributed by atoms with Crippen LogP contribution in [0.2, 0.25) is 0 Å². The Morgan fingerprint density at radius 3 is 2.92 bits per heavy atom. The second kappa shape index (κ2) is 2.95. The Labute approximate surface area is 79.9 Å². The lowest BCUT2D eigenvalue weighted by Gasteiger charge is -2.13. The van der Waals surface area contributed by atoms with E-state index < -0.39 is 0 Å². The molecule has 1 heterocycles. The minimum atomic E-state index is -0.246. The van der Waals surface area contributed by atoms with E-state index in [0.29, 0.717) is 10.9 Å². The van der Waals surface area contributed by atoms with Crippen LogP contribution in [0.4, 0.5) is 0 Å². The van der Waals surface area contributed by atoms with Gasteiger partial charge in [0.2, 0.25) is 0 Å². The molecule has 0 aliphatic heterocycles. The smallest absolute Gasteiger partial charge is 0.343 e. The van der Waals surface area contributed by atoms with E-state index in [0.717, 1.165) is 12.8 Å². The molecule has 0 saturated heterocycles. The molecule has 1 saturated carbocycles. The van der Waals surface area contributed by atoms with E-state index in [9.17, 15) is 4.79 Å². The van der Waals surface area contributed by atoms with Gasteiger partial charge in [0, 0.05) is 0 Å². The van der Waals surface area contributed by atoms with Crippen molar-refractivity contribution >= 4 is 17.2 Å². The standard InChI is InChI=1S/C7H10N4OS/c8-6(13)5(4-1-2-4)11-3-9-10-7(11)12/h3-5H,1-2H2,(H2,8,13)(H,10,12). The summed E-state index contributed by atoms with van der Waals surface area (Å²) >= 11 is 4.92. The minimum absolute atomic E-state index is 0.152. The van der Waals surface area contributed by atoms with E-state index in [-0.39, 0.29) is 11.7 Å². The highest BCUT2D eigenvalue weighted by molar-refractivity contribution is 7.80. The first kappa shape index (κ1) is 8.43. The molecule has 1 aliphatic carbocycles. The van der Waals surface area contributed by atoms with Crippen molar-refractivity contribution in [2.24, 2.45) is 11.7 Å². The number of hydrogen-bond donors (Lipinski definition) is 2. The maximum absolute atomic E-state index is 11.2. The van der Waals surface area contributed by atoms with Gasteiger partial charge in [-0.1, -0.05) is 12.2 Å². The summed E-state index contributed by atoms with van der Waals surface area (Å²) in [5, 5.41) is 5.97. The van der Waals surface area contributed by atoms with Gasteiger partial charge in [-0.15, -0.1) is 0 Å². The van der Waals surface area contributed by atoms with Crippen LogP contribution in [-0.2, 0) is 0 Å². The van der Waals surface area contributed by atoms with Gasteiger partial charge in [0.25, 0.3) is 0 Å². The van der Waals surface area contributed by atoms with Crippen LogP contribution in [0.25, 0.3) is 0 Å². The van der Waals surface area contributed by atoms with Gasteiger partial charge in [0.15, 0.2) is 0 Å². The Balaban J connectivity index is 2.35. The summed E-state index contributed by atoms with van der Waals surface area (Å²) in [5.41, 5.74) is 5.32. The number of rotatable bonds is 3. The lowest BCUT2D eigenvalue weighted by atomic mass is 10.2. The summed E-state index contributed by atoms with van der Waals surface area (Å²) in [6, 6.07) is -0.152. The van der Waals surface area contributed by atoms with E-state index in [1.165, 1.54) is 10.9 Å². The van der Waals surface area contributed by atoms with E-state index >= 15 is 0 Å². The largest absolute Gasteiger partial charge is 0.392 e. The van der Waals surface area contributed by atoms with Crippen LogP contribution in [0.3, 0.4) is 0 Å². The van der Waals surface area contributed by atoms with E-state index in [2.05, 4.69) is 10.2 Å². The highest BCUT2D eigenvalue weighted by atomic mass is 32.1. The average Bonchev–Trinajstić information content (AvgIpc) is 2.78. The number of thiocarbonyl (C=S) groups is 1. The summed E-state index contributed by atoms with van der Waals surface area (Å²) in [6.07, 6.45) is 3.61. The van der Waals surface area contributed by atoms with Crippen LogP contribution >= 0.6 is 12.2 Å². The van der Waals surface area contributed by atoms with Crippen LogP contribution in [0.15, 0.2) is 11.1 Å². The zero-order valence-electron chi connectivity index (χ0n) is 6.93. The topological polar surface area (TPSA) is 76.7 Å². The molecule has 0 spiro atoms. The Hall–Kier alpha value is -1.17. The monoisotopic (exact) mass is 198 g/mol. The Kier molecular flexibility index (Phi) is 1.91. The molecule has 1 aliphatic rings. The lowest BCUT2D eigenvalue weighted by molar-refractivity contribution is 0.554. The lowest BCUT2D eigenvalue weighted by Crippen LogP contribution is -2.32. The third-order valence-electron chi connectivity index (χ3n) is 2.24. The summed E-state index contributed by atoms with van der Waals surface area (Å²) in [4.78, 5) is 11.6. The van der Waals surface area contributed by atoms with Gasteiger partial charge < -0.3 is 5.73 Å². The first-order valence-electron chi connectivity index (χ1n) is 4.11. The van der Waals surface area contributed by atoms with Crippen molar-refractivity contribution in [3.63, 3.8) is 0 Å². The predicted molar refractivity (Wildman–Crippen MR) is 51.4 cm³/mol. The first-order valence-corrected chi connectivity index (χ1v) is 4.52. The molecule has 0 aromatic carbocycles. The maximum Gasteiger partial charge on any atom is 0.343 e. The van der Waals surface area contributed by atoms with E-state index in [4.69, 9.17) is 18.0 Å². The van der Waals surface area contributed by atoms with Gasteiger partial charge in [-0.25, -0.2) is 9.89 Å². The summed E-state index contributed by atoms with van der Waals surface area (Å²) in [7, 11) is 0. The maximum atomic E-state index is 11.2. The quantitative estimate of drug-likeness (QED) is 0.660. The van der Waals surface area contributed by atoms with Crippen LogP contribution < -0.4 is 11.4 Å². The molecule has 2 rings (SSSR count). The molecule has 1 fully saturated rings. The van der Waals surface area contributed by atoms with Crippen LogP contribution in [-0.4, -0.2) is 19.8 Å². The number of nitrogens with one attached hydrogen (secondary N) is 1. The molecule has 0 radical (unpaired) electrons. The van der Waals surface area contributed by atoms with Gasteiger partial charge in [-0.2, -0.15) is 5.10 Å². The zero-order valence-corrected chi connectivity index (χ0v) is 7.75. The molecule has 0 bridgehead atoms. The molecule has 0 amide bonds. The first-order chi connectivity index (χ1) is 6.20. The fraction of sp³-hybridized carbons (Fsp3) is 0.571. The number of aromatic nitrogens is 3. The highest BCUT2D eigenvalue weighted by Crippen LogP contribution is 2.39. The molecular formula is C7H10N4OS. The third-order valence-corrected chi connectivity index (χ3v) is 2.48. The molecule has 1 unspecified atom stereocenters. The van der Waals surface area contributed by atoms with Crippen molar-refractivity contribution in [2.75, 3.05) is 0 Å². The SMILES string of the molecule is NC(=S)C(C1CC1)n1cn[nH]c1=O. The number of H-pyrrole nitrogens is 1. The number of aromatic amines is 1. The summed E-state index contributed by atoms with van der Waals surface area (Å²) < 4.78 is 1.47. The zero-order chi connectivity index (χ0) is 9.42. The minimum Gasteiger partial charge on any atom is -0.392 e. The van der Waals surface area contributed by atoms with Crippen LogP contribution in [0, 0.1) is 5.92 Å². The van der Waals surface area contributed by atoms with Crippen LogP contribution in [0.1, 0.15) is 18.9 Å². The third kappa shape index (κ3) is 1.49. The second-order valence-corrected chi connectivity index (χ2v) is 3.72. The predicted octanol–water partition coefficient (Wildman–Crippen LogP) is -0.191. The normalized spacial score (nSPS) is 18.5. The molecule has 1 atom stereocenters. The Morgan fingerprint density at radius 2 is 2.54 bits per heavy atom. The van der Waals surface area contributed by atoms with E-state index in [1.807, 2.05) is 0 Å². The van der Waals surface area contributed by atoms with Crippen molar-refractivity contribution in [3.05, 3.63) is 16.8 Å².